The Hall–Kier alpha value is 0.380. The Labute approximate surface area is 99.9 Å². The fraction of sp³-hybridized carbons (Fsp3) is 0.250. The standard InChI is InChI=1S/C8H8BrIO2S/c1-6(10)13(11,12)8-4-2-7(9)3-5-8/h2-6H,1H3. The summed E-state index contributed by atoms with van der Waals surface area (Å²) in [5, 5.41) is 0. The molecule has 1 atom stereocenters. The predicted molar refractivity (Wildman–Crippen MR) is 64.8 cm³/mol. The highest BCUT2D eigenvalue weighted by Crippen LogP contribution is 2.21. The molecule has 0 spiro atoms. The lowest BCUT2D eigenvalue weighted by atomic mass is 10.4. The average molecular weight is 375 g/mol. The Balaban J connectivity index is 3.17. The molecule has 1 unspecified atom stereocenters. The molecule has 0 bridgehead atoms. The van der Waals surface area contributed by atoms with Gasteiger partial charge in [0.05, 0.1) is 4.90 Å². The highest BCUT2D eigenvalue weighted by atomic mass is 127. The summed E-state index contributed by atoms with van der Waals surface area (Å²) in [5.41, 5.74) is 0. The van der Waals surface area contributed by atoms with Crippen LogP contribution in [0, 0.1) is 0 Å². The maximum absolute atomic E-state index is 11.6. The quantitative estimate of drug-likeness (QED) is 0.589. The first-order valence-corrected chi connectivity index (χ1v) is 7.16. The molecule has 0 saturated heterocycles. The molecule has 0 aliphatic heterocycles. The van der Waals surface area contributed by atoms with Gasteiger partial charge in [0, 0.05) is 4.47 Å². The summed E-state index contributed by atoms with van der Waals surface area (Å²) in [5.74, 6) is 0. The van der Waals surface area contributed by atoms with Crippen molar-refractivity contribution >= 4 is 48.4 Å². The third-order valence-electron chi connectivity index (χ3n) is 1.57. The van der Waals surface area contributed by atoms with Crippen LogP contribution in [0.15, 0.2) is 33.6 Å². The first-order valence-electron chi connectivity index (χ1n) is 3.58. The van der Waals surface area contributed by atoms with Crippen LogP contribution >= 0.6 is 38.5 Å². The van der Waals surface area contributed by atoms with Crippen molar-refractivity contribution in [1.29, 1.82) is 0 Å². The summed E-state index contributed by atoms with van der Waals surface area (Å²) in [6.07, 6.45) is 0. The Morgan fingerprint density at radius 2 is 1.77 bits per heavy atom. The largest absolute Gasteiger partial charge is 0.223 e. The predicted octanol–water partition coefficient (Wildman–Crippen LogP) is 3.00. The van der Waals surface area contributed by atoms with Crippen molar-refractivity contribution in [3.8, 4) is 0 Å². The lowest BCUT2D eigenvalue weighted by Gasteiger charge is -2.05. The van der Waals surface area contributed by atoms with E-state index in [1.807, 2.05) is 22.6 Å². The molecule has 1 aromatic carbocycles. The Kier molecular flexibility index (Phi) is 3.76. The molecule has 2 nitrogen and oxygen atoms in total. The second-order valence-electron chi connectivity index (χ2n) is 2.54. The molecule has 0 aromatic heterocycles. The molecule has 0 N–H and O–H groups in total. The fourth-order valence-electron chi connectivity index (χ4n) is 0.812. The van der Waals surface area contributed by atoms with Crippen molar-refractivity contribution < 1.29 is 8.42 Å². The van der Waals surface area contributed by atoms with Crippen LogP contribution in [0.3, 0.4) is 0 Å². The number of hydrogen-bond acceptors (Lipinski definition) is 2. The second-order valence-corrected chi connectivity index (χ2v) is 8.44. The van der Waals surface area contributed by atoms with Gasteiger partial charge in [0.15, 0.2) is 9.84 Å². The number of halogens is 2. The smallest absolute Gasteiger partial charge is 0.190 e. The number of sulfone groups is 1. The first-order chi connectivity index (χ1) is 5.94. The van der Waals surface area contributed by atoms with E-state index in [9.17, 15) is 8.42 Å². The summed E-state index contributed by atoms with van der Waals surface area (Å²) >= 11 is 5.15. The summed E-state index contributed by atoms with van der Waals surface area (Å²) in [7, 11) is -3.13. The van der Waals surface area contributed by atoms with Gasteiger partial charge in [-0.3, -0.25) is 0 Å². The lowest BCUT2D eigenvalue weighted by molar-refractivity contribution is 0.596. The molecule has 1 rings (SSSR count). The van der Waals surface area contributed by atoms with E-state index in [2.05, 4.69) is 15.9 Å². The summed E-state index contributed by atoms with van der Waals surface area (Å²) in [4.78, 5) is 0.373. The molecule has 0 aliphatic rings. The fourth-order valence-corrected chi connectivity index (χ4v) is 2.85. The van der Waals surface area contributed by atoms with Gasteiger partial charge in [-0.25, -0.2) is 8.42 Å². The highest BCUT2D eigenvalue weighted by Gasteiger charge is 2.19. The Morgan fingerprint density at radius 3 is 2.15 bits per heavy atom. The zero-order valence-electron chi connectivity index (χ0n) is 6.87. The van der Waals surface area contributed by atoms with Gasteiger partial charge in [-0.1, -0.05) is 38.5 Å². The molecule has 72 valence electrons. The van der Waals surface area contributed by atoms with Gasteiger partial charge in [-0.2, -0.15) is 0 Å². The van der Waals surface area contributed by atoms with Gasteiger partial charge < -0.3 is 0 Å². The number of hydrogen-bond donors (Lipinski definition) is 0. The van der Waals surface area contributed by atoms with Gasteiger partial charge in [-0.15, -0.1) is 0 Å². The summed E-state index contributed by atoms with van der Waals surface area (Å²) in [6.45, 7) is 1.66. The molecule has 0 fully saturated rings. The van der Waals surface area contributed by atoms with Crippen molar-refractivity contribution in [3.05, 3.63) is 28.7 Å². The van der Waals surface area contributed by atoms with E-state index in [-0.39, 0.29) is 0 Å². The van der Waals surface area contributed by atoms with Gasteiger partial charge in [0.25, 0.3) is 0 Å². The van der Waals surface area contributed by atoms with E-state index >= 15 is 0 Å². The molecule has 0 saturated carbocycles. The molecular weight excluding hydrogens is 367 g/mol. The van der Waals surface area contributed by atoms with Crippen LogP contribution in [0.1, 0.15) is 6.92 Å². The van der Waals surface area contributed by atoms with E-state index in [4.69, 9.17) is 0 Å². The molecule has 0 heterocycles. The van der Waals surface area contributed by atoms with E-state index < -0.39 is 13.1 Å². The summed E-state index contributed by atoms with van der Waals surface area (Å²) in [6, 6.07) is 6.67. The van der Waals surface area contributed by atoms with Gasteiger partial charge >= 0.3 is 0 Å². The van der Waals surface area contributed by atoms with Gasteiger partial charge in [0.1, 0.15) is 3.26 Å². The molecule has 1 aromatic rings. The Bertz CT molecular complexity index is 383. The van der Waals surface area contributed by atoms with E-state index in [1.54, 1.807) is 31.2 Å². The molecule has 13 heavy (non-hydrogen) atoms. The SMILES string of the molecule is CC(I)S(=O)(=O)c1ccc(Br)cc1. The third kappa shape index (κ3) is 2.66. The van der Waals surface area contributed by atoms with E-state index in [0.717, 1.165) is 4.47 Å². The minimum atomic E-state index is -3.13. The van der Waals surface area contributed by atoms with Gasteiger partial charge in [0.2, 0.25) is 0 Å². The van der Waals surface area contributed by atoms with Crippen LogP contribution in [-0.4, -0.2) is 11.7 Å². The molecule has 0 amide bonds. The van der Waals surface area contributed by atoms with Crippen molar-refractivity contribution in [1.82, 2.24) is 0 Å². The van der Waals surface area contributed by atoms with Crippen molar-refractivity contribution in [3.63, 3.8) is 0 Å². The molecule has 0 aliphatic carbocycles. The first kappa shape index (κ1) is 11.5. The normalized spacial score (nSPS) is 14.1. The van der Waals surface area contributed by atoms with Crippen LogP contribution < -0.4 is 0 Å². The zero-order chi connectivity index (χ0) is 10.1. The zero-order valence-corrected chi connectivity index (χ0v) is 11.4. The minimum absolute atomic E-state index is 0.373. The van der Waals surface area contributed by atoms with Crippen molar-refractivity contribution in [2.24, 2.45) is 0 Å². The molecular formula is C8H8BrIO2S. The highest BCUT2D eigenvalue weighted by molar-refractivity contribution is 14.1. The third-order valence-corrected chi connectivity index (χ3v) is 5.89. The molecule has 5 heteroatoms. The van der Waals surface area contributed by atoms with E-state index in [1.165, 1.54) is 0 Å². The maximum Gasteiger partial charge on any atom is 0.190 e. The van der Waals surface area contributed by atoms with E-state index in [0.29, 0.717) is 4.90 Å². The lowest BCUT2D eigenvalue weighted by Crippen LogP contribution is -2.10. The number of rotatable bonds is 2. The average Bonchev–Trinajstić information content (AvgIpc) is 2.04. The minimum Gasteiger partial charge on any atom is -0.223 e. The van der Waals surface area contributed by atoms with Crippen LogP contribution in [0.2, 0.25) is 0 Å². The van der Waals surface area contributed by atoms with Crippen molar-refractivity contribution in [2.45, 2.75) is 15.1 Å². The van der Waals surface area contributed by atoms with Crippen LogP contribution in [-0.2, 0) is 9.84 Å². The van der Waals surface area contributed by atoms with Gasteiger partial charge in [-0.05, 0) is 31.2 Å². The van der Waals surface area contributed by atoms with Crippen molar-refractivity contribution in [2.75, 3.05) is 0 Å². The van der Waals surface area contributed by atoms with Crippen LogP contribution in [0.25, 0.3) is 0 Å². The monoisotopic (exact) mass is 374 g/mol. The van der Waals surface area contributed by atoms with Crippen LogP contribution in [0.5, 0.6) is 0 Å². The number of alkyl halides is 1. The summed E-state index contributed by atoms with van der Waals surface area (Å²) < 4.78 is 23.7. The second kappa shape index (κ2) is 4.27. The topological polar surface area (TPSA) is 34.1 Å². The van der Waals surface area contributed by atoms with Crippen LogP contribution in [0.4, 0.5) is 0 Å². The number of benzene rings is 1. The maximum atomic E-state index is 11.6. The Morgan fingerprint density at radius 1 is 1.31 bits per heavy atom. The molecule has 0 radical (unpaired) electrons.